The molecule has 2 rings (SSSR count). The average molecular weight is 303 g/mol. The molecule has 0 amide bonds. The van der Waals surface area contributed by atoms with Crippen molar-refractivity contribution in [3.63, 3.8) is 0 Å². The van der Waals surface area contributed by atoms with E-state index in [1.165, 1.54) is 12.8 Å². The molecule has 1 N–H and O–H groups in total. The Labute approximate surface area is 132 Å². The summed E-state index contributed by atoms with van der Waals surface area (Å²) in [4.78, 5) is 8.71. The predicted molar refractivity (Wildman–Crippen MR) is 91.8 cm³/mol. The average Bonchev–Trinajstić information content (AvgIpc) is 2.49. The molecule has 1 heterocycles. The lowest BCUT2D eigenvalue weighted by Crippen LogP contribution is -2.28. The van der Waals surface area contributed by atoms with Crippen LogP contribution in [0.3, 0.4) is 0 Å². The van der Waals surface area contributed by atoms with Crippen molar-refractivity contribution in [1.82, 2.24) is 15.3 Å². The third-order valence-electron chi connectivity index (χ3n) is 3.52. The van der Waals surface area contributed by atoms with Crippen molar-refractivity contribution < 1.29 is 0 Å². The van der Waals surface area contributed by atoms with Gasteiger partial charge in [-0.3, -0.25) is 0 Å². The van der Waals surface area contributed by atoms with E-state index in [0.29, 0.717) is 6.04 Å². The van der Waals surface area contributed by atoms with E-state index in [2.05, 4.69) is 42.1 Å². The maximum absolute atomic E-state index is 4.41. The van der Waals surface area contributed by atoms with Crippen molar-refractivity contribution in [3.05, 3.63) is 30.6 Å². The molecule has 3 nitrogen and oxygen atoms in total. The zero-order valence-corrected chi connectivity index (χ0v) is 14.0. The molecule has 0 spiro atoms. The second kappa shape index (κ2) is 8.35. The maximum Gasteiger partial charge on any atom is 0.117 e. The number of aromatic nitrogens is 2. The molecule has 114 valence electrons. The number of nitrogens with zero attached hydrogens (tertiary/aromatic N) is 2. The maximum atomic E-state index is 4.41. The summed E-state index contributed by atoms with van der Waals surface area (Å²) >= 11 is 1.80. The highest BCUT2D eigenvalue weighted by molar-refractivity contribution is 7.99. The lowest BCUT2D eigenvalue weighted by Gasteiger charge is -2.14. The molecule has 2 aromatic rings. The molecule has 0 radical (unpaired) electrons. The molecule has 0 aliphatic carbocycles. The van der Waals surface area contributed by atoms with E-state index in [4.69, 9.17) is 0 Å². The van der Waals surface area contributed by atoms with Gasteiger partial charge in [-0.1, -0.05) is 32.0 Å². The molecule has 21 heavy (non-hydrogen) atoms. The number of para-hydroxylation sites is 1. The molecule has 4 heteroatoms. The lowest BCUT2D eigenvalue weighted by molar-refractivity contribution is 0.460. The zero-order valence-electron chi connectivity index (χ0n) is 13.2. The predicted octanol–water partition coefficient (Wildman–Crippen LogP) is 4.14. The van der Waals surface area contributed by atoms with Crippen molar-refractivity contribution in [1.29, 1.82) is 0 Å². The van der Waals surface area contributed by atoms with E-state index < -0.39 is 0 Å². The van der Waals surface area contributed by atoms with Gasteiger partial charge in [-0.25, -0.2) is 9.97 Å². The second-order valence-electron chi connectivity index (χ2n) is 5.87. The number of fused-ring (bicyclic) bond motifs is 1. The second-order valence-corrected chi connectivity index (χ2v) is 6.95. The molecule has 0 fully saturated rings. The lowest BCUT2D eigenvalue weighted by atomic mass is 10.0. The van der Waals surface area contributed by atoms with Crippen LogP contribution in [0.4, 0.5) is 0 Å². The van der Waals surface area contributed by atoms with Crippen LogP contribution in [0.2, 0.25) is 0 Å². The summed E-state index contributed by atoms with van der Waals surface area (Å²) in [5, 5.41) is 5.82. The topological polar surface area (TPSA) is 37.8 Å². The Morgan fingerprint density at radius 2 is 1.90 bits per heavy atom. The minimum atomic E-state index is 0.593. The van der Waals surface area contributed by atoms with Crippen LogP contribution in [0.5, 0.6) is 0 Å². The van der Waals surface area contributed by atoms with Crippen LogP contribution in [-0.4, -0.2) is 28.3 Å². The zero-order chi connectivity index (χ0) is 15.1. The van der Waals surface area contributed by atoms with Gasteiger partial charge in [0.1, 0.15) is 11.4 Å². The minimum Gasteiger partial charge on any atom is -0.313 e. The summed E-state index contributed by atoms with van der Waals surface area (Å²) in [5.41, 5.74) is 1.02. The summed E-state index contributed by atoms with van der Waals surface area (Å²) in [6, 6.07) is 8.78. The van der Waals surface area contributed by atoms with Gasteiger partial charge in [0, 0.05) is 23.7 Å². The van der Waals surface area contributed by atoms with Crippen LogP contribution in [0.15, 0.2) is 35.6 Å². The fourth-order valence-corrected chi connectivity index (χ4v) is 3.10. The van der Waals surface area contributed by atoms with E-state index in [-0.39, 0.29) is 0 Å². The normalized spacial score (nSPS) is 13.0. The number of hydrogen-bond donors (Lipinski definition) is 1. The Morgan fingerprint density at radius 3 is 2.71 bits per heavy atom. The Hall–Kier alpha value is -1.13. The molecule has 1 aromatic carbocycles. The van der Waals surface area contributed by atoms with Crippen molar-refractivity contribution in [3.8, 4) is 0 Å². The minimum absolute atomic E-state index is 0.593. The number of benzene rings is 1. The third kappa shape index (κ3) is 5.29. The first kappa shape index (κ1) is 16.2. The monoisotopic (exact) mass is 303 g/mol. The third-order valence-corrected chi connectivity index (χ3v) is 4.52. The molecule has 1 atom stereocenters. The van der Waals surface area contributed by atoms with Crippen molar-refractivity contribution >= 4 is 22.7 Å². The van der Waals surface area contributed by atoms with E-state index >= 15 is 0 Å². The van der Waals surface area contributed by atoms with Gasteiger partial charge in [0.2, 0.25) is 0 Å². The molecule has 0 saturated heterocycles. The number of rotatable bonds is 8. The first-order valence-electron chi connectivity index (χ1n) is 7.72. The van der Waals surface area contributed by atoms with Crippen molar-refractivity contribution in [2.24, 2.45) is 5.92 Å². The first-order chi connectivity index (χ1) is 10.2. The highest BCUT2D eigenvalue weighted by Crippen LogP contribution is 2.23. The largest absolute Gasteiger partial charge is 0.313 e. The van der Waals surface area contributed by atoms with Crippen LogP contribution >= 0.6 is 11.8 Å². The van der Waals surface area contributed by atoms with Gasteiger partial charge < -0.3 is 5.32 Å². The van der Waals surface area contributed by atoms with Crippen LogP contribution in [0.1, 0.15) is 33.6 Å². The van der Waals surface area contributed by atoms with E-state index in [1.807, 2.05) is 18.2 Å². The highest BCUT2D eigenvalue weighted by atomic mass is 32.2. The SMILES string of the molecule is CC(C)CCC(C)NCCSc1ncnc2ccccc12. The Bertz CT molecular complexity index is 551. The molecule has 0 aliphatic heterocycles. The van der Waals surface area contributed by atoms with Gasteiger partial charge in [-0.2, -0.15) is 0 Å². The Morgan fingerprint density at radius 1 is 1.10 bits per heavy atom. The van der Waals surface area contributed by atoms with Crippen LogP contribution in [-0.2, 0) is 0 Å². The first-order valence-corrected chi connectivity index (χ1v) is 8.71. The smallest absolute Gasteiger partial charge is 0.117 e. The van der Waals surface area contributed by atoms with E-state index in [9.17, 15) is 0 Å². The van der Waals surface area contributed by atoms with Gasteiger partial charge in [0.25, 0.3) is 0 Å². The number of nitrogens with one attached hydrogen (secondary N) is 1. The highest BCUT2D eigenvalue weighted by Gasteiger charge is 2.05. The molecular formula is C17H25N3S. The van der Waals surface area contributed by atoms with Gasteiger partial charge in [0.05, 0.1) is 5.52 Å². The van der Waals surface area contributed by atoms with Crippen LogP contribution in [0.25, 0.3) is 10.9 Å². The van der Waals surface area contributed by atoms with Gasteiger partial charge in [0.15, 0.2) is 0 Å². The van der Waals surface area contributed by atoms with E-state index in [1.54, 1.807) is 18.1 Å². The van der Waals surface area contributed by atoms with Crippen molar-refractivity contribution in [2.75, 3.05) is 12.3 Å². The fraction of sp³-hybridized carbons (Fsp3) is 0.529. The van der Waals surface area contributed by atoms with Crippen LogP contribution < -0.4 is 5.32 Å². The molecule has 1 aromatic heterocycles. The summed E-state index contributed by atoms with van der Waals surface area (Å²) in [5.74, 6) is 1.82. The molecule has 1 unspecified atom stereocenters. The van der Waals surface area contributed by atoms with Crippen molar-refractivity contribution in [2.45, 2.75) is 44.7 Å². The Kier molecular flexibility index (Phi) is 6.46. The Balaban J connectivity index is 1.78. The van der Waals surface area contributed by atoms with Gasteiger partial charge in [-0.05, 0) is 31.7 Å². The molecule has 0 bridgehead atoms. The molecular weight excluding hydrogens is 278 g/mol. The molecule has 0 saturated carbocycles. The van der Waals surface area contributed by atoms with E-state index in [0.717, 1.165) is 34.1 Å². The number of thioether (sulfide) groups is 1. The fourth-order valence-electron chi connectivity index (χ4n) is 2.23. The van der Waals surface area contributed by atoms with Crippen LogP contribution in [0, 0.1) is 5.92 Å². The summed E-state index contributed by atoms with van der Waals surface area (Å²) in [6.07, 6.45) is 4.19. The summed E-state index contributed by atoms with van der Waals surface area (Å²) in [7, 11) is 0. The summed E-state index contributed by atoms with van der Waals surface area (Å²) < 4.78 is 0. The summed E-state index contributed by atoms with van der Waals surface area (Å²) in [6.45, 7) is 7.85. The standard InChI is InChI=1S/C17H25N3S/c1-13(2)8-9-14(3)18-10-11-21-17-15-6-4-5-7-16(15)19-12-20-17/h4-7,12-14,18H,8-11H2,1-3H3. The van der Waals surface area contributed by atoms with Gasteiger partial charge in [-0.15, -0.1) is 11.8 Å². The quantitative estimate of drug-likeness (QED) is 0.452. The molecule has 0 aliphatic rings. The van der Waals surface area contributed by atoms with Gasteiger partial charge >= 0.3 is 0 Å². The number of hydrogen-bond acceptors (Lipinski definition) is 4.